The second kappa shape index (κ2) is 9.97. The fourth-order valence-electron chi connectivity index (χ4n) is 4.73. The standard InChI is InChI=1S/C26H32N6O4S/c1-6-36-22-13-16(2)12-20(28-22)19-11-10-18(24(29-19)32-15-17(3)14-26(32,4)5)25(33)31-37(34,35)23-9-7-8-21(27)30-23/h7-13,17H,6,14-15H2,1-5H3,(H2,27,30)(H,31,33)/t17-/m0/s1. The zero-order valence-corrected chi connectivity index (χ0v) is 22.5. The van der Waals surface area contributed by atoms with Gasteiger partial charge in [-0.25, -0.2) is 19.7 Å². The normalized spacial score (nSPS) is 17.0. The molecule has 10 nitrogen and oxygen atoms in total. The van der Waals surface area contributed by atoms with Gasteiger partial charge in [0.1, 0.15) is 11.6 Å². The van der Waals surface area contributed by atoms with Crippen LogP contribution in [0.3, 0.4) is 0 Å². The molecule has 3 aromatic heterocycles. The summed E-state index contributed by atoms with van der Waals surface area (Å²) in [5, 5.41) is -0.338. The van der Waals surface area contributed by atoms with E-state index in [0.29, 0.717) is 42.2 Å². The Balaban J connectivity index is 1.79. The summed E-state index contributed by atoms with van der Waals surface area (Å²) in [5.74, 6) is 0.464. The fourth-order valence-corrected chi connectivity index (χ4v) is 5.67. The van der Waals surface area contributed by atoms with Crippen LogP contribution in [0.15, 0.2) is 47.5 Å². The van der Waals surface area contributed by atoms with E-state index in [0.717, 1.165) is 12.0 Å². The number of hydrogen-bond acceptors (Lipinski definition) is 9. The Morgan fingerprint density at radius 3 is 2.57 bits per heavy atom. The number of carbonyl (C=O) groups excluding carboxylic acids is 1. The Morgan fingerprint density at radius 2 is 1.92 bits per heavy atom. The topological polar surface area (TPSA) is 140 Å². The van der Waals surface area contributed by atoms with Gasteiger partial charge in [0.15, 0.2) is 5.03 Å². The number of nitrogen functional groups attached to an aromatic ring is 1. The largest absolute Gasteiger partial charge is 0.478 e. The zero-order valence-electron chi connectivity index (χ0n) is 21.6. The van der Waals surface area contributed by atoms with E-state index in [2.05, 4.69) is 40.4 Å². The number of nitrogens with one attached hydrogen (secondary N) is 1. The highest BCUT2D eigenvalue weighted by Crippen LogP contribution is 2.38. The van der Waals surface area contributed by atoms with E-state index < -0.39 is 15.9 Å². The quantitative estimate of drug-likeness (QED) is 0.474. The molecule has 1 aliphatic rings. The number of aryl methyl sites for hydroxylation is 1. The van der Waals surface area contributed by atoms with Crippen molar-refractivity contribution in [2.45, 2.75) is 51.6 Å². The third-order valence-electron chi connectivity index (χ3n) is 6.20. The summed E-state index contributed by atoms with van der Waals surface area (Å²) in [4.78, 5) is 28.7. The Hall–Kier alpha value is -3.73. The number of aromatic nitrogens is 3. The first kappa shape index (κ1) is 26.3. The molecule has 11 heteroatoms. The average Bonchev–Trinajstić information content (AvgIpc) is 3.09. The minimum atomic E-state index is -4.26. The summed E-state index contributed by atoms with van der Waals surface area (Å²) < 4.78 is 33.5. The predicted octanol–water partition coefficient (Wildman–Crippen LogP) is 3.57. The molecule has 0 aromatic carbocycles. The van der Waals surface area contributed by atoms with E-state index in [4.69, 9.17) is 15.5 Å². The van der Waals surface area contributed by atoms with E-state index in [-0.39, 0.29) is 21.9 Å². The monoisotopic (exact) mass is 524 g/mol. The molecule has 0 saturated carbocycles. The Bertz CT molecular complexity index is 1440. The highest BCUT2D eigenvalue weighted by atomic mass is 32.2. The van der Waals surface area contributed by atoms with Crippen molar-refractivity contribution in [2.75, 3.05) is 23.8 Å². The molecule has 4 rings (SSSR count). The molecule has 0 bridgehead atoms. The average molecular weight is 525 g/mol. The van der Waals surface area contributed by atoms with Crippen LogP contribution in [-0.2, 0) is 10.0 Å². The highest BCUT2D eigenvalue weighted by Gasteiger charge is 2.39. The maximum Gasteiger partial charge on any atom is 0.281 e. The van der Waals surface area contributed by atoms with Crippen molar-refractivity contribution in [2.24, 2.45) is 5.92 Å². The fraction of sp³-hybridized carbons (Fsp3) is 0.385. The molecule has 196 valence electrons. The lowest BCUT2D eigenvalue weighted by molar-refractivity contribution is 0.0981. The van der Waals surface area contributed by atoms with Crippen molar-refractivity contribution in [1.82, 2.24) is 19.7 Å². The first-order valence-corrected chi connectivity index (χ1v) is 13.6. The van der Waals surface area contributed by atoms with Gasteiger partial charge in [0.25, 0.3) is 15.9 Å². The van der Waals surface area contributed by atoms with E-state index in [9.17, 15) is 13.2 Å². The molecule has 3 aromatic rings. The molecule has 1 fully saturated rings. The molecule has 37 heavy (non-hydrogen) atoms. The van der Waals surface area contributed by atoms with E-state index in [1.807, 2.05) is 26.0 Å². The first-order chi connectivity index (χ1) is 17.4. The number of amides is 1. The zero-order chi connectivity index (χ0) is 27.0. The van der Waals surface area contributed by atoms with Gasteiger partial charge in [-0.3, -0.25) is 4.79 Å². The van der Waals surface area contributed by atoms with Crippen LogP contribution in [-0.4, -0.2) is 48.0 Å². The number of anilines is 2. The highest BCUT2D eigenvalue weighted by molar-refractivity contribution is 7.90. The van der Waals surface area contributed by atoms with E-state index >= 15 is 0 Å². The molecule has 0 spiro atoms. The van der Waals surface area contributed by atoms with Gasteiger partial charge in [0, 0.05) is 18.2 Å². The summed E-state index contributed by atoms with van der Waals surface area (Å²) in [6, 6.07) is 11.2. The molecule has 1 saturated heterocycles. The second-order valence-electron chi connectivity index (χ2n) is 9.94. The lowest BCUT2D eigenvalue weighted by Crippen LogP contribution is -2.41. The van der Waals surface area contributed by atoms with Crippen LogP contribution in [0, 0.1) is 12.8 Å². The van der Waals surface area contributed by atoms with Crippen molar-refractivity contribution in [3.8, 4) is 17.3 Å². The molecular formula is C26H32N6O4S. The molecule has 1 atom stereocenters. The van der Waals surface area contributed by atoms with Crippen molar-refractivity contribution in [3.63, 3.8) is 0 Å². The van der Waals surface area contributed by atoms with Gasteiger partial charge in [-0.1, -0.05) is 13.0 Å². The van der Waals surface area contributed by atoms with Crippen LogP contribution in [0.2, 0.25) is 0 Å². The predicted molar refractivity (Wildman–Crippen MR) is 142 cm³/mol. The molecule has 3 N–H and O–H groups in total. The number of carbonyl (C=O) groups is 1. The van der Waals surface area contributed by atoms with Gasteiger partial charge in [0.2, 0.25) is 5.88 Å². The lowest BCUT2D eigenvalue weighted by Gasteiger charge is -2.34. The number of nitrogens with zero attached hydrogens (tertiary/aromatic N) is 4. The number of rotatable bonds is 7. The van der Waals surface area contributed by atoms with Crippen molar-refractivity contribution < 1.29 is 17.9 Å². The van der Waals surface area contributed by atoms with Crippen LogP contribution in [0.5, 0.6) is 5.88 Å². The minimum absolute atomic E-state index is 0.0342. The second-order valence-corrected chi connectivity index (χ2v) is 11.6. The Labute approximate surface area is 217 Å². The molecule has 4 heterocycles. The lowest BCUT2D eigenvalue weighted by atomic mass is 9.97. The maximum atomic E-state index is 13.4. The van der Waals surface area contributed by atoms with Crippen LogP contribution in [0.25, 0.3) is 11.4 Å². The van der Waals surface area contributed by atoms with Gasteiger partial charge in [-0.2, -0.15) is 8.42 Å². The smallest absolute Gasteiger partial charge is 0.281 e. The summed E-state index contributed by atoms with van der Waals surface area (Å²) in [5.41, 5.74) is 7.57. The Kier molecular flexibility index (Phi) is 7.09. The van der Waals surface area contributed by atoms with Crippen molar-refractivity contribution in [1.29, 1.82) is 0 Å². The van der Waals surface area contributed by atoms with Gasteiger partial charge in [0.05, 0.1) is 23.6 Å². The number of ether oxygens (including phenoxy) is 1. The van der Waals surface area contributed by atoms with Crippen LogP contribution < -0.4 is 20.1 Å². The minimum Gasteiger partial charge on any atom is -0.478 e. The number of pyridine rings is 3. The maximum absolute atomic E-state index is 13.4. The summed E-state index contributed by atoms with van der Waals surface area (Å²) in [6.45, 7) is 11.3. The van der Waals surface area contributed by atoms with Crippen molar-refractivity contribution >= 4 is 27.6 Å². The molecular weight excluding hydrogens is 492 g/mol. The summed E-state index contributed by atoms with van der Waals surface area (Å²) in [7, 11) is -4.26. The van der Waals surface area contributed by atoms with Gasteiger partial charge in [-0.15, -0.1) is 0 Å². The third-order valence-corrected chi connectivity index (χ3v) is 7.43. The number of sulfonamides is 1. The number of hydrogen-bond donors (Lipinski definition) is 2. The SMILES string of the molecule is CCOc1cc(C)cc(-c2ccc(C(=O)NS(=O)(=O)c3cccc(N)n3)c(N3C[C@@H](C)CC3(C)C)n2)n1. The Morgan fingerprint density at radius 1 is 1.16 bits per heavy atom. The van der Waals surface area contributed by atoms with Gasteiger partial charge in [-0.05, 0) is 75.9 Å². The van der Waals surface area contributed by atoms with E-state index in [1.54, 1.807) is 12.1 Å². The summed E-state index contributed by atoms with van der Waals surface area (Å²) >= 11 is 0. The molecule has 0 aliphatic carbocycles. The van der Waals surface area contributed by atoms with E-state index in [1.165, 1.54) is 18.2 Å². The number of nitrogens with two attached hydrogens (primary N) is 1. The molecule has 0 radical (unpaired) electrons. The summed E-state index contributed by atoms with van der Waals surface area (Å²) in [6.07, 6.45) is 0.892. The van der Waals surface area contributed by atoms with Crippen LogP contribution in [0.4, 0.5) is 11.6 Å². The van der Waals surface area contributed by atoms with Crippen molar-refractivity contribution in [3.05, 3.63) is 53.6 Å². The van der Waals surface area contributed by atoms with Gasteiger partial charge >= 0.3 is 0 Å². The molecule has 1 amide bonds. The third kappa shape index (κ3) is 5.66. The van der Waals surface area contributed by atoms with Crippen LogP contribution in [0.1, 0.15) is 50.0 Å². The van der Waals surface area contributed by atoms with Gasteiger partial charge < -0.3 is 15.4 Å². The first-order valence-electron chi connectivity index (χ1n) is 12.1. The van der Waals surface area contributed by atoms with Crippen LogP contribution >= 0.6 is 0 Å². The molecule has 1 aliphatic heterocycles. The molecule has 0 unspecified atom stereocenters.